The summed E-state index contributed by atoms with van der Waals surface area (Å²) in [5, 5.41) is 3.07. The second kappa shape index (κ2) is 5.61. The first kappa shape index (κ1) is 12.6. The van der Waals surface area contributed by atoms with Crippen molar-refractivity contribution in [2.45, 2.75) is 32.4 Å². The Bertz CT molecular complexity index is 368. The first-order chi connectivity index (χ1) is 7.54. The molecule has 0 spiro atoms. The Morgan fingerprint density at radius 1 is 1.56 bits per heavy atom. The summed E-state index contributed by atoms with van der Waals surface area (Å²) in [5.74, 6) is -0.663. The lowest BCUT2D eigenvalue weighted by Crippen LogP contribution is -2.41. The van der Waals surface area contributed by atoms with Crippen molar-refractivity contribution in [3.8, 4) is 0 Å². The third-order valence-electron chi connectivity index (χ3n) is 2.55. The molecule has 0 bridgehead atoms. The van der Waals surface area contributed by atoms with Gasteiger partial charge in [0.15, 0.2) is 0 Å². The zero-order valence-electron chi connectivity index (χ0n) is 9.53. The lowest BCUT2D eigenvalue weighted by atomic mass is 10.1. The molecule has 0 aliphatic heterocycles. The monoisotopic (exact) mass is 224 g/mol. The fraction of sp³-hybridized carbons (Fsp3) is 0.417. The molecule has 0 fully saturated rings. The highest BCUT2D eigenvalue weighted by atomic mass is 19.1. The number of rotatable bonds is 5. The molecule has 1 rings (SSSR count). The van der Waals surface area contributed by atoms with Crippen molar-refractivity contribution in [2.75, 3.05) is 0 Å². The zero-order valence-corrected chi connectivity index (χ0v) is 9.53. The number of nitrogens with two attached hydrogens (primary N) is 1. The van der Waals surface area contributed by atoms with E-state index in [0.717, 1.165) is 5.56 Å². The standard InChI is InChI=1S/C12H17FN2O/c1-3-11(12(14)16)15-8(2)9-5-4-6-10(13)7-9/h4-8,11,15H,3H2,1-2H3,(H2,14,16). The fourth-order valence-electron chi connectivity index (χ4n) is 1.58. The molecule has 0 aliphatic carbocycles. The van der Waals surface area contributed by atoms with Crippen LogP contribution in [-0.4, -0.2) is 11.9 Å². The van der Waals surface area contributed by atoms with Crippen LogP contribution in [0.5, 0.6) is 0 Å². The van der Waals surface area contributed by atoms with Gasteiger partial charge >= 0.3 is 0 Å². The maximum Gasteiger partial charge on any atom is 0.234 e. The Labute approximate surface area is 94.8 Å². The molecular weight excluding hydrogens is 207 g/mol. The molecular formula is C12H17FN2O. The summed E-state index contributed by atoms with van der Waals surface area (Å²) in [6.45, 7) is 3.75. The Morgan fingerprint density at radius 3 is 2.75 bits per heavy atom. The quantitative estimate of drug-likeness (QED) is 0.800. The van der Waals surface area contributed by atoms with Gasteiger partial charge in [0.05, 0.1) is 6.04 Å². The summed E-state index contributed by atoms with van der Waals surface area (Å²) in [6.07, 6.45) is 0.620. The lowest BCUT2D eigenvalue weighted by Gasteiger charge is -2.20. The van der Waals surface area contributed by atoms with Crippen LogP contribution in [-0.2, 0) is 4.79 Å². The molecule has 2 unspecified atom stereocenters. The highest BCUT2D eigenvalue weighted by molar-refractivity contribution is 5.79. The van der Waals surface area contributed by atoms with Crippen LogP contribution in [0.25, 0.3) is 0 Å². The number of benzene rings is 1. The molecule has 4 heteroatoms. The molecule has 88 valence electrons. The molecule has 0 aromatic heterocycles. The van der Waals surface area contributed by atoms with Crippen LogP contribution in [0.2, 0.25) is 0 Å². The number of carbonyl (C=O) groups is 1. The van der Waals surface area contributed by atoms with Crippen molar-refractivity contribution in [3.05, 3.63) is 35.6 Å². The summed E-state index contributed by atoms with van der Waals surface area (Å²) in [5.41, 5.74) is 6.03. The Morgan fingerprint density at radius 2 is 2.25 bits per heavy atom. The molecule has 3 N–H and O–H groups in total. The number of hydrogen-bond donors (Lipinski definition) is 2. The minimum atomic E-state index is -0.384. The largest absolute Gasteiger partial charge is 0.368 e. The normalized spacial score (nSPS) is 14.4. The smallest absolute Gasteiger partial charge is 0.234 e. The number of hydrogen-bond acceptors (Lipinski definition) is 2. The van der Waals surface area contributed by atoms with E-state index < -0.39 is 0 Å². The second-order valence-electron chi connectivity index (χ2n) is 3.81. The van der Waals surface area contributed by atoms with E-state index in [1.807, 2.05) is 19.9 Å². The van der Waals surface area contributed by atoms with Crippen LogP contribution in [0.4, 0.5) is 4.39 Å². The number of halogens is 1. The van der Waals surface area contributed by atoms with Gasteiger partial charge in [-0.3, -0.25) is 10.1 Å². The first-order valence-electron chi connectivity index (χ1n) is 5.35. The van der Waals surface area contributed by atoms with E-state index in [4.69, 9.17) is 5.73 Å². The summed E-state index contributed by atoms with van der Waals surface area (Å²) in [7, 11) is 0. The molecule has 1 aromatic carbocycles. The van der Waals surface area contributed by atoms with E-state index >= 15 is 0 Å². The second-order valence-corrected chi connectivity index (χ2v) is 3.81. The molecule has 0 heterocycles. The summed E-state index contributed by atoms with van der Waals surface area (Å²) in [6, 6.07) is 5.82. The lowest BCUT2D eigenvalue weighted by molar-refractivity contribution is -0.120. The highest BCUT2D eigenvalue weighted by Gasteiger charge is 2.16. The molecule has 2 atom stereocenters. The van der Waals surface area contributed by atoms with Gasteiger partial charge in [-0.2, -0.15) is 0 Å². The molecule has 0 saturated heterocycles. The Kier molecular flexibility index (Phi) is 4.43. The minimum Gasteiger partial charge on any atom is -0.368 e. The predicted octanol–water partition coefficient (Wildman–Crippen LogP) is 1.74. The average Bonchev–Trinajstić information content (AvgIpc) is 2.25. The van der Waals surface area contributed by atoms with Crippen molar-refractivity contribution in [1.82, 2.24) is 5.32 Å². The molecule has 1 aromatic rings. The topological polar surface area (TPSA) is 55.1 Å². The molecule has 1 amide bonds. The zero-order chi connectivity index (χ0) is 12.1. The van der Waals surface area contributed by atoms with Gasteiger partial charge < -0.3 is 5.73 Å². The van der Waals surface area contributed by atoms with Gasteiger partial charge in [-0.15, -0.1) is 0 Å². The van der Waals surface area contributed by atoms with Gasteiger partial charge in [0.2, 0.25) is 5.91 Å². The fourth-order valence-corrected chi connectivity index (χ4v) is 1.58. The SMILES string of the molecule is CCC(NC(C)c1cccc(F)c1)C(N)=O. The number of carbonyl (C=O) groups excluding carboxylic acids is 1. The van der Waals surface area contributed by atoms with E-state index in [1.54, 1.807) is 6.07 Å². The summed E-state index contributed by atoms with van der Waals surface area (Å²) < 4.78 is 13.0. The molecule has 0 radical (unpaired) electrons. The van der Waals surface area contributed by atoms with Crippen molar-refractivity contribution < 1.29 is 9.18 Å². The average molecular weight is 224 g/mol. The molecule has 3 nitrogen and oxygen atoms in total. The van der Waals surface area contributed by atoms with Crippen LogP contribution < -0.4 is 11.1 Å². The van der Waals surface area contributed by atoms with Crippen LogP contribution in [0, 0.1) is 5.82 Å². The Balaban J connectivity index is 2.71. The van der Waals surface area contributed by atoms with Gasteiger partial charge in [-0.05, 0) is 31.0 Å². The van der Waals surface area contributed by atoms with E-state index in [0.29, 0.717) is 6.42 Å². The minimum absolute atomic E-state index is 0.104. The van der Waals surface area contributed by atoms with Crippen LogP contribution >= 0.6 is 0 Å². The van der Waals surface area contributed by atoms with Crippen molar-refractivity contribution in [3.63, 3.8) is 0 Å². The number of nitrogens with one attached hydrogen (secondary N) is 1. The third-order valence-corrected chi connectivity index (χ3v) is 2.55. The van der Waals surface area contributed by atoms with Crippen LogP contribution in [0.3, 0.4) is 0 Å². The third kappa shape index (κ3) is 3.31. The maximum absolute atomic E-state index is 13.0. The van der Waals surface area contributed by atoms with Crippen LogP contribution in [0.15, 0.2) is 24.3 Å². The molecule has 0 aliphatic rings. The van der Waals surface area contributed by atoms with E-state index in [-0.39, 0.29) is 23.8 Å². The Hall–Kier alpha value is -1.42. The van der Waals surface area contributed by atoms with E-state index in [1.165, 1.54) is 12.1 Å². The van der Waals surface area contributed by atoms with Gasteiger partial charge in [-0.25, -0.2) is 4.39 Å². The van der Waals surface area contributed by atoms with Gasteiger partial charge in [-0.1, -0.05) is 19.1 Å². The van der Waals surface area contributed by atoms with Gasteiger partial charge in [0.1, 0.15) is 5.82 Å². The first-order valence-corrected chi connectivity index (χ1v) is 5.35. The van der Waals surface area contributed by atoms with Crippen molar-refractivity contribution >= 4 is 5.91 Å². The van der Waals surface area contributed by atoms with Gasteiger partial charge in [0, 0.05) is 6.04 Å². The molecule has 16 heavy (non-hydrogen) atoms. The summed E-state index contributed by atoms with van der Waals surface area (Å²) >= 11 is 0. The van der Waals surface area contributed by atoms with E-state index in [2.05, 4.69) is 5.32 Å². The highest BCUT2D eigenvalue weighted by Crippen LogP contribution is 2.14. The van der Waals surface area contributed by atoms with Crippen LogP contribution in [0.1, 0.15) is 31.9 Å². The maximum atomic E-state index is 13.0. The summed E-state index contributed by atoms with van der Waals surface area (Å²) in [4.78, 5) is 11.0. The van der Waals surface area contributed by atoms with E-state index in [9.17, 15) is 9.18 Å². The molecule has 0 saturated carbocycles. The predicted molar refractivity (Wildman–Crippen MR) is 61.2 cm³/mol. The number of amides is 1. The van der Waals surface area contributed by atoms with Gasteiger partial charge in [0.25, 0.3) is 0 Å². The van der Waals surface area contributed by atoms with Crippen molar-refractivity contribution in [2.24, 2.45) is 5.73 Å². The van der Waals surface area contributed by atoms with Crippen molar-refractivity contribution in [1.29, 1.82) is 0 Å². The number of primary amides is 1.